The Hall–Kier alpha value is -1.33. The van der Waals surface area contributed by atoms with Gasteiger partial charge < -0.3 is 4.57 Å². The van der Waals surface area contributed by atoms with Crippen LogP contribution in [0.3, 0.4) is 0 Å². The van der Waals surface area contributed by atoms with Gasteiger partial charge in [-0.2, -0.15) is 8.42 Å². The maximum absolute atomic E-state index is 10.6. The fourth-order valence-electron chi connectivity index (χ4n) is 1.99. The summed E-state index contributed by atoms with van der Waals surface area (Å²) >= 11 is 0. The Morgan fingerprint density at radius 2 is 2.06 bits per heavy atom. The van der Waals surface area contributed by atoms with Crippen LogP contribution in [0.15, 0.2) is 30.5 Å². The molecule has 2 rings (SSSR count). The zero-order valence-corrected chi connectivity index (χ0v) is 10.4. The van der Waals surface area contributed by atoms with Crippen LogP contribution in [0.25, 0.3) is 10.9 Å². The van der Waals surface area contributed by atoms with Crippen LogP contribution in [0.5, 0.6) is 0 Å². The van der Waals surface area contributed by atoms with E-state index in [1.165, 1.54) is 10.9 Å². The number of rotatable bonds is 4. The highest BCUT2D eigenvalue weighted by molar-refractivity contribution is 7.85. The predicted octanol–water partition coefficient (Wildman–Crippen LogP) is 2.23. The van der Waals surface area contributed by atoms with Gasteiger partial charge in [0.2, 0.25) is 0 Å². The largest absolute Gasteiger partial charge is 0.347 e. The van der Waals surface area contributed by atoms with Crippen LogP contribution >= 0.6 is 0 Å². The first-order valence-corrected chi connectivity index (χ1v) is 7.08. The highest BCUT2D eigenvalue weighted by atomic mass is 32.2. The monoisotopic (exact) mass is 253 g/mol. The third-order valence-corrected chi connectivity index (χ3v) is 3.64. The molecule has 0 radical (unpaired) electrons. The molecule has 0 saturated heterocycles. The van der Waals surface area contributed by atoms with E-state index in [4.69, 9.17) is 4.55 Å². The summed E-state index contributed by atoms with van der Waals surface area (Å²) in [6.45, 7) is 2.64. The molecule has 1 heterocycles. The van der Waals surface area contributed by atoms with Gasteiger partial charge in [-0.15, -0.1) is 0 Å². The number of nitrogens with zero attached hydrogens (tertiary/aromatic N) is 1. The third kappa shape index (κ3) is 2.87. The van der Waals surface area contributed by atoms with E-state index in [0.717, 1.165) is 5.52 Å². The van der Waals surface area contributed by atoms with Gasteiger partial charge in [0.1, 0.15) is 0 Å². The Bertz CT molecular complexity index is 628. The first kappa shape index (κ1) is 12.1. The normalized spacial score (nSPS) is 12.1. The van der Waals surface area contributed by atoms with Gasteiger partial charge in [-0.05, 0) is 31.0 Å². The van der Waals surface area contributed by atoms with Gasteiger partial charge >= 0.3 is 0 Å². The molecular formula is C12H15NO3S. The van der Waals surface area contributed by atoms with Crippen molar-refractivity contribution in [1.82, 2.24) is 4.57 Å². The SMILES string of the molecule is Cc1cccc2c1ccn2CCCS(=O)(=O)O. The zero-order valence-electron chi connectivity index (χ0n) is 9.63. The Morgan fingerprint density at radius 3 is 2.76 bits per heavy atom. The number of hydrogen-bond acceptors (Lipinski definition) is 2. The summed E-state index contributed by atoms with van der Waals surface area (Å²) in [4.78, 5) is 0. The van der Waals surface area contributed by atoms with Crippen LogP contribution in [-0.2, 0) is 16.7 Å². The summed E-state index contributed by atoms with van der Waals surface area (Å²) in [5, 5.41) is 1.18. The van der Waals surface area contributed by atoms with E-state index in [1.807, 2.05) is 42.0 Å². The summed E-state index contributed by atoms with van der Waals surface area (Å²) < 4.78 is 31.9. The van der Waals surface area contributed by atoms with Crippen LogP contribution in [0.4, 0.5) is 0 Å². The second-order valence-electron chi connectivity index (χ2n) is 4.16. The highest BCUT2D eigenvalue weighted by Crippen LogP contribution is 2.19. The molecule has 1 N–H and O–H groups in total. The number of fused-ring (bicyclic) bond motifs is 1. The maximum atomic E-state index is 10.6. The minimum atomic E-state index is -3.85. The molecule has 0 spiro atoms. The van der Waals surface area contributed by atoms with Crippen LogP contribution in [0.2, 0.25) is 0 Å². The quantitative estimate of drug-likeness (QED) is 0.850. The molecule has 0 aliphatic carbocycles. The predicted molar refractivity (Wildman–Crippen MR) is 67.7 cm³/mol. The standard InChI is InChI=1S/C12H15NO3S/c1-10-4-2-5-12-11(10)6-8-13(12)7-3-9-17(14,15)16/h2,4-6,8H,3,7,9H2,1H3,(H,14,15,16). The molecule has 0 saturated carbocycles. The summed E-state index contributed by atoms with van der Waals surface area (Å²) in [6, 6.07) is 8.07. The lowest BCUT2D eigenvalue weighted by molar-refractivity contribution is 0.478. The molecule has 0 atom stereocenters. The van der Waals surface area contributed by atoms with E-state index in [1.54, 1.807) is 0 Å². The van der Waals surface area contributed by atoms with E-state index in [2.05, 4.69) is 0 Å². The highest BCUT2D eigenvalue weighted by Gasteiger charge is 2.06. The molecule has 17 heavy (non-hydrogen) atoms. The van der Waals surface area contributed by atoms with Gasteiger partial charge in [-0.3, -0.25) is 4.55 Å². The molecule has 1 aromatic heterocycles. The molecule has 1 aromatic carbocycles. The number of benzene rings is 1. The lowest BCUT2D eigenvalue weighted by Gasteiger charge is -2.05. The Kier molecular flexibility index (Phi) is 3.22. The lowest BCUT2D eigenvalue weighted by Crippen LogP contribution is -2.07. The number of aromatic nitrogens is 1. The van der Waals surface area contributed by atoms with E-state index in [9.17, 15) is 8.42 Å². The van der Waals surface area contributed by atoms with Crippen LogP contribution in [0.1, 0.15) is 12.0 Å². The molecule has 0 bridgehead atoms. The molecule has 92 valence electrons. The van der Waals surface area contributed by atoms with Crippen molar-refractivity contribution in [2.75, 3.05) is 5.75 Å². The van der Waals surface area contributed by atoms with Crippen LogP contribution in [0, 0.1) is 6.92 Å². The lowest BCUT2D eigenvalue weighted by atomic mass is 10.1. The van der Waals surface area contributed by atoms with Crippen molar-refractivity contribution in [2.45, 2.75) is 19.9 Å². The van der Waals surface area contributed by atoms with Gasteiger partial charge in [0.25, 0.3) is 10.1 Å². The van der Waals surface area contributed by atoms with Gasteiger partial charge in [0.15, 0.2) is 0 Å². The van der Waals surface area contributed by atoms with Crippen molar-refractivity contribution in [3.63, 3.8) is 0 Å². The summed E-state index contributed by atoms with van der Waals surface area (Å²) in [5.41, 5.74) is 2.30. The van der Waals surface area contributed by atoms with Gasteiger partial charge in [0, 0.05) is 23.6 Å². The van der Waals surface area contributed by atoms with E-state index < -0.39 is 10.1 Å². The van der Waals surface area contributed by atoms with Gasteiger partial charge in [-0.25, -0.2) is 0 Å². The molecule has 2 aromatic rings. The van der Waals surface area contributed by atoms with Gasteiger partial charge in [0.05, 0.1) is 5.75 Å². The average Bonchev–Trinajstić information content (AvgIpc) is 2.61. The molecule has 0 aliphatic heterocycles. The molecule has 4 nitrogen and oxygen atoms in total. The topological polar surface area (TPSA) is 59.3 Å². The summed E-state index contributed by atoms with van der Waals surface area (Å²) in [7, 11) is -3.85. The molecular weight excluding hydrogens is 238 g/mol. The molecule has 0 fully saturated rings. The Labute approximate surface area is 101 Å². The van der Waals surface area contributed by atoms with Crippen LogP contribution < -0.4 is 0 Å². The average molecular weight is 253 g/mol. The number of hydrogen-bond donors (Lipinski definition) is 1. The minimum Gasteiger partial charge on any atom is -0.347 e. The van der Waals surface area contributed by atoms with Crippen molar-refractivity contribution in [3.05, 3.63) is 36.0 Å². The fraction of sp³-hybridized carbons (Fsp3) is 0.333. The molecule has 5 heteroatoms. The first-order chi connectivity index (χ1) is 7.97. The third-order valence-electron chi connectivity index (χ3n) is 2.83. The summed E-state index contributed by atoms with van der Waals surface area (Å²) in [5.74, 6) is -0.196. The van der Waals surface area contributed by atoms with E-state index >= 15 is 0 Å². The van der Waals surface area contributed by atoms with E-state index in [-0.39, 0.29) is 5.75 Å². The van der Waals surface area contributed by atoms with Crippen molar-refractivity contribution in [1.29, 1.82) is 0 Å². The number of aryl methyl sites for hydroxylation is 2. The van der Waals surface area contributed by atoms with Crippen LogP contribution in [-0.4, -0.2) is 23.3 Å². The second kappa shape index (κ2) is 4.50. The maximum Gasteiger partial charge on any atom is 0.264 e. The molecule has 0 unspecified atom stereocenters. The summed E-state index contributed by atoms with van der Waals surface area (Å²) in [6.07, 6.45) is 2.36. The smallest absolute Gasteiger partial charge is 0.264 e. The fourth-order valence-corrected chi connectivity index (χ4v) is 2.48. The van der Waals surface area contributed by atoms with Crippen molar-refractivity contribution in [2.24, 2.45) is 0 Å². The van der Waals surface area contributed by atoms with Gasteiger partial charge in [-0.1, -0.05) is 12.1 Å². The first-order valence-electron chi connectivity index (χ1n) is 5.47. The Balaban J connectivity index is 2.17. The second-order valence-corrected chi connectivity index (χ2v) is 5.73. The van der Waals surface area contributed by atoms with Crippen molar-refractivity contribution >= 4 is 21.0 Å². The Morgan fingerprint density at radius 1 is 1.29 bits per heavy atom. The van der Waals surface area contributed by atoms with Crippen molar-refractivity contribution < 1.29 is 13.0 Å². The zero-order chi connectivity index (χ0) is 12.5. The molecule has 0 aliphatic rings. The minimum absolute atomic E-state index is 0.196. The van der Waals surface area contributed by atoms with Crippen molar-refractivity contribution in [3.8, 4) is 0 Å². The van der Waals surface area contributed by atoms with E-state index in [0.29, 0.717) is 13.0 Å². The molecule has 0 amide bonds.